The van der Waals surface area contributed by atoms with Crippen LogP contribution in [0, 0.1) is 11.8 Å². The highest BCUT2D eigenvalue weighted by Gasteiger charge is 2.31. The van der Waals surface area contributed by atoms with Crippen molar-refractivity contribution in [3.05, 3.63) is 59.7 Å². The molecule has 2 atom stereocenters. The van der Waals surface area contributed by atoms with Crippen molar-refractivity contribution in [2.75, 3.05) is 19.6 Å². The van der Waals surface area contributed by atoms with E-state index in [1.54, 1.807) is 28.6 Å². The number of phenolic OH excluding ortho intramolecular Hbond substituents is 1. The van der Waals surface area contributed by atoms with Crippen LogP contribution in [0.3, 0.4) is 0 Å². The maximum Gasteiger partial charge on any atom is 0.251 e. The summed E-state index contributed by atoms with van der Waals surface area (Å²) >= 11 is 0. The Balaban J connectivity index is 1.54. The number of nitrogens with one attached hydrogen (secondary N) is 1. The van der Waals surface area contributed by atoms with Gasteiger partial charge in [-0.3, -0.25) is 4.79 Å². The fraction of sp³-hybridized carbons (Fsp3) is 0.435. The molecule has 2 N–H and O–H groups in total. The van der Waals surface area contributed by atoms with Crippen LogP contribution in [0.2, 0.25) is 0 Å². The molecule has 30 heavy (non-hydrogen) atoms. The predicted octanol–water partition coefficient (Wildman–Crippen LogP) is 3.42. The molecular formula is C23H30N2O4S. The Morgan fingerprint density at radius 2 is 1.63 bits per heavy atom. The third-order valence-corrected chi connectivity index (χ3v) is 7.30. The second kappa shape index (κ2) is 9.62. The number of aryl methyl sites for hydroxylation is 1. The van der Waals surface area contributed by atoms with E-state index in [1.807, 2.05) is 12.1 Å². The summed E-state index contributed by atoms with van der Waals surface area (Å²) in [4.78, 5) is 12.6. The van der Waals surface area contributed by atoms with Gasteiger partial charge in [-0.05, 0) is 73.1 Å². The molecule has 0 saturated carbocycles. The van der Waals surface area contributed by atoms with Crippen molar-refractivity contribution in [2.24, 2.45) is 11.8 Å². The molecule has 2 unspecified atom stereocenters. The highest BCUT2D eigenvalue weighted by Crippen LogP contribution is 2.26. The van der Waals surface area contributed by atoms with Crippen LogP contribution < -0.4 is 5.32 Å². The monoisotopic (exact) mass is 430 g/mol. The van der Waals surface area contributed by atoms with Crippen LogP contribution >= 0.6 is 0 Å². The third kappa shape index (κ3) is 5.61. The van der Waals surface area contributed by atoms with Crippen LogP contribution in [-0.2, 0) is 16.4 Å². The van der Waals surface area contributed by atoms with Gasteiger partial charge in [-0.2, -0.15) is 4.31 Å². The Morgan fingerprint density at radius 3 is 2.23 bits per heavy atom. The fourth-order valence-electron chi connectivity index (χ4n) is 3.99. The average molecular weight is 431 g/mol. The normalized spacial score (nSPS) is 20.1. The molecule has 162 valence electrons. The van der Waals surface area contributed by atoms with Crippen LogP contribution in [0.15, 0.2) is 53.4 Å². The first-order valence-corrected chi connectivity index (χ1v) is 11.9. The number of phenols is 1. The number of hydrogen-bond donors (Lipinski definition) is 2. The Bertz CT molecular complexity index is 946. The van der Waals surface area contributed by atoms with Gasteiger partial charge in [0.2, 0.25) is 10.0 Å². The van der Waals surface area contributed by atoms with E-state index < -0.39 is 10.0 Å². The SMILES string of the molecule is CC1CC(C)CN(S(=O)(=O)c2ccc(C(=O)NCCCc3ccc(O)cc3)cc2)C1. The number of hydrogen-bond acceptors (Lipinski definition) is 4. The molecule has 1 aliphatic heterocycles. The van der Waals surface area contributed by atoms with Gasteiger partial charge in [-0.25, -0.2) is 8.42 Å². The topological polar surface area (TPSA) is 86.7 Å². The lowest BCUT2D eigenvalue weighted by atomic mass is 9.94. The quantitative estimate of drug-likeness (QED) is 0.659. The molecule has 6 nitrogen and oxygen atoms in total. The summed E-state index contributed by atoms with van der Waals surface area (Å²) in [7, 11) is -3.54. The van der Waals surface area contributed by atoms with Crippen LogP contribution in [0.5, 0.6) is 5.75 Å². The molecule has 2 aromatic carbocycles. The zero-order chi connectivity index (χ0) is 21.7. The van der Waals surface area contributed by atoms with Crippen LogP contribution in [-0.4, -0.2) is 43.4 Å². The highest BCUT2D eigenvalue weighted by molar-refractivity contribution is 7.89. The Labute approximate surface area is 179 Å². The smallest absolute Gasteiger partial charge is 0.251 e. The van der Waals surface area contributed by atoms with Gasteiger partial charge in [0.1, 0.15) is 5.75 Å². The zero-order valence-corrected chi connectivity index (χ0v) is 18.4. The summed E-state index contributed by atoms with van der Waals surface area (Å²) in [6.07, 6.45) is 2.61. The molecule has 0 aromatic heterocycles. The number of carbonyl (C=O) groups is 1. The summed E-state index contributed by atoms with van der Waals surface area (Å²) in [5, 5.41) is 12.2. The van der Waals surface area contributed by atoms with E-state index in [0.717, 1.165) is 24.8 Å². The van der Waals surface area contributed by atoms with E-state index in [1.165, 1.54) is 12.1 Å². The number of benzene rings is 2. The summed E-state index contributed by atoms with van der Waals surface area (Å²) in [6.45, 7) is 5.75. The third-order valence-electron chi connectivity index (χ3n) is 5.45. The average Bonchev–Trinajstić information content (AvgIpc) is 2.71. The van der Waals surface area contributed by atoms with Gasteiger partial charge in [-0.15, -0.1) is 0 Å². The molecule has 1 aliphatic rings. The van der Waals surface area contributed by atoms with E-state index in [4.69, 9.17) is 0 Å². The van der Waals surface area contributed by atoms with Gasteiger partial charge in [0.15, 0.2) is 0 Å². The minimum Gasteiger partial charge on any atom is -0.508 e. The Kier molecular flexibility index (Phi) is 7.15. The molecule has 2 aromatic rings. The molecule has 1 amide bonds. The largest absolute Gasteiger partial charge is 0.508 e. The summed E-state index contributed by atoms with van der Waals surface area (Å²) < 4.78 is 27.4. The minimum atomic E-state index is -3.54. The first-order valence-electron chi connectivity index (χ1n) is 10.4. The molecule has 1 heterocycles. The Hall–Kier alpha value is -2.38. The summed E-state index contributed by atoms with van der Waals surface area (Å²) in [5.41, 5.74) is 1.54. The van der Waals surface area contributed by atoms with E-state index >= 15 is 0 Å². The maximum atomic E-state index is 12.9. The van der Waals surface area contributed by atoms with Gasteiger partial charge in [0.25, 0.3) is 5.91 Å². The number of aromatic hydroxyl groups is 1. The van der Waals surface area contributed by atoms with Gasteiger partial charge >= 0.3 is 0 Å². The van der Waals surface area contributed by atoms with Gasteiger partial charge in [0.05, 0.1) is 4.90 Å². The molecule has 0 bridgehead atoms. The van der Waals surface area contributed by atoms with Crippen LogP contribution in [0.25, 0.3) is 0 Å². The number of amides is 1. The lowest BCUT2D eigenvalue weighted by Crippen LogP contribution is -2.42. The molecule has 1 fully saturated rings. The van der Waals surface area contributed by atoms with Crippen LogP contribution in [0.1, 0.15) is 42.6 Å². The van der Waals surface area contributed by atoms with E-state index in [9.17, 15) is 18.3 Å². The molecular weight excluding hydrogens is 400 g/mol. The lowest BCUT2D eigenvalue weighted by molar-refractivity contribution is 0.0953. The molecule has 0 aliphatic carbocycles. The van der Waals surface area contributed by atoms with Crippen molar-refractivity contribution < 1.29 is 18.3 Å². The molecule has 0 spiro atoms. The van der Waals surface area contributed by atoms with Crippen molar-refractivity contribution in [2.45, 2.75) is 38.0 Å². The Morgan fingerprint density at radius 1 is 1.03 bits per heavy atom. The van der Waals surface area contributed by atoms with Crippen molar-refractivity contribution in [3.8, 4) is 5.75 Å². The van der Waals surface area contributed by atoms with Gasteiger partial charge < -0.3 is 10.4 Å². The lowest BCUT2D eigenvalue weighted by Gasteiger charge is -2.34. The standard InChI is InChI=1S/C23H30N2O4S/c1-17-14-18(2)16-25(15-17)30(28,29)22-11-7-20(8-12-22)23(27)24-13-3-4-19-5-9-21(26)10-6-19/h5-12,17-18,26H,3-4,13-16H2,1-2H3,(H,24,27). The first-order chi connectivity index (χ1) is 14.3. The van der Waals surface area contributed by atoms with Crippen molar-refractivity contribution >= 4 is 15.9 Å². The van der Waals surface area contributed by atoms with Crippen molar-refractivity contribution in [3.63, 3.8) is 0 Å². The summed E-state index contributed by atoms with van der Waals surface area (Å²) in [5.74, 6) is 0.706. The minimum absolute atomic E-state index is 0.218. The van der Waals surface area contributed by atoms with Crippen molar-refractivity contribution in [1.29, 1.82) is 0 Å². The predicted molar refractivity (Wildman–Crippen MR) is 117 cm³/mol. The highest BCUT2D eigenvalue weighted by atomic mass is 32.2. The maximum absolute atomic E-state index is 12.9. The number of nitrogens with zero attached hydrogens (tertiary/aromatic N) is 1. The second-order valence-electron chi connectivity index (χ2n) is 8.32. The number of piperidine rings is 1. The fourth-order valence-corrected chi connectivity index (χ4v) is 5.67. The van der Waals surface area contributed by atoms with Crippen molar-refractivity contribution in [1.82, 2.24) is 9.62 Å². The van der Waals surface area contributed by atoms with Gasteiger partial charge in [-0.1, -0.05) is 26.0 Å². The number of rotatable bonds is 7. The molecule has 7 heteroatoms. The summed E-state index contributed by atoms with van der Waals surface area (Å²) in [6, 6.07) is 13.2. The number of carbonyl (C=O) groups excluding carboxylic acids is 1. The zero-order valence-electron chi connectivity index (χ0n) is 17.5. The number of sulfonamides is 1. The van der Waals surface area contributed by atoms with Gasteiger partial charge in [0, 0.05) is 25.2 Å². The molecule has 1 saturated heterocycles. The van der Waals surface area contributed by atoms with E-state index in [-0.39, 0.29) is 16.6 Å². The van der Waals surface area contributed by atoms with Crippen LogP contribution in [0.4, 0.5) is 0 Å². The van der Waals surface area contributed by atoms with E-state index in [2.05, 4.69) is 19.2 Å². The molecule has 0 radical (unpaired) electrons. The van der Waals surface area contributed by atoms with E-state index in [0.29, 0.717) is 37.0 Å². The molecule has 3 rings (SSSR count). The first kappa shape index (κ1) is 22.3. The second-order valence-corrected chi connectivity index (χ2v) is 10.3.